The molecule has 0 aromatic rings. The van der Waals surface area contributed by atoms with Gasteiger partial charge < -0.3 is 10.2 Å². The van der Waals surface area contributed by atoms with E-state index in [1.807, 2.05) is 0 Å². The van der Waals surface area contributed by atoms with Crippen molar-refractivity contribution in [3.8, 4) is 0 Å². The predicted molar refractivity (Wildman–Crippen MR) is 55.9 cm³/mol. The maximum atomic E-state index is 3.51. The molecular formula is C11H22N2. The highest BCUT2D eigenvalue weighted by atomic mass is 15.2. The van der Waals surface area contributed by atoms with Gasteiger partial charge >= 0.3 is 0 Å². The topological polar surface area (TPSA) is 15.3 Å². The summed E-state index contributed by atoms with van der Waals surface area (Å²) in [4.78, 5) is 2.61. The first-order valence-electron chi connectivity index (χ1n) is 5.67. The van der Waals surface area contributed by atoms with Crippen molar-refractivity contribution in [3.05, 3.63) is 0 Å². The molecule has 0 atom stereocenters. The molecule has 2 saturated heterocycles. The molecule has 13 heavy (non-hydrogen) atoms. The minimum Gasteiger partial charge on any atom is -0.316 e. The zero-order chi connectivity index (χ0) is 9.31. The van der Waals surface area contributed by atoms with Crippen LogP contribution in [0.2, 0.25) is 0 Å². The van der Waals surface area contributed by atoms with Crippen molar-refractivity contribution in [1.82, 2.24) is 10.2 Å². The standard InChI is InChI=1S/C11H22N2/c1-10(2)13-7-4-11(5-8-13)3-6-12-9-11/h10,12H,3-9H2,1-2H3. The predicted octanol–water partition coefficient (Wildman–Crippen LogP) is 1.47. The Morgan fingerprint density at radius 2 is 1.85 bits per heavy atom. The SMILES string of the molecule is CC(C)N1CCC2(CCNC2)CC1. The van der Waals surface area contributed by atoms with Gasteiger partial charge in [0.1, 0.15) is 0 Å². The van der Waals surface area contributed by atoms with Gasteiger partial charge in [-0.3, -0.25) is 0 Å². The first kappa shape index (κ1) is 9.47. The van der Waals surface area contributed by atoms with E-state index in [2.05, 4.69) is 24.1 Å². The summed E-state index contributed by atoms with van der Waals surface area (Å²) in [7, 11) is 0. The Morgan fingerprint density at radius 1 is 1.15 bits per heavy atom. The molecule has 76 valence electrons. The molecule has 2 heterocycles. The summed E-state index contributed by atoms with van der Waals surface area (Å²) in [5, 5.41) is 3.51. The molecule has 0 aromatic heterocycles. The van der Waals surface area contributed by atoms with Gasteiger partial charge in [-0.05, 0) is 58.2 Å². The van der Waals surface area contributed by atoms with Crippen LogP contribution in [-0.4, -0.2) is 37.1 Å². The Bertz CT molecular complexity index is 161. The number of rotatable bonds is 1. The van der Waals surface area contributed by atoms with Crippen LogP contribution in [0.4, 0.5) is 0 Å². The number of hydrogen-bond acceptors (Lipinski definition) is 2. The van der Waals surface area contributed by atoms with Crippen LogP contribution in [0, 0.1) is 5.41 Å². The Hall–Kier alpha value is -0.0800. The molecule has 0 radical (unpaired) electrons. The Labute approximate surface area is 81.7 Å². The molecule has 2 heteroatoms. The van der Waals surface area contributed by atoms with E-state index in [1.165, 1.54) is 45.4 Å². The largest absolute Gasteiger partial charge is 0.316 e. The lowest BCUT2D eigenvalue weighted by Crippen LogP contribution is -2.44. The summed E-state index contributed by atoms with van der Waals surface area (Å²) in [5.41, 5.74) is 0.686. The monoisotopic (exact) mass is 182 g/mol. The van der Waals surface area contributed by atoms with Crippen LogP contribution in [0.1, 0.15) is 33.1 Å². The van der Waals surface area contributed by atoms with Gasteiger partial charge in [-0.25, -0.2) is 0 Å². The van der Waals surface area contributed by atoms with Crippen molar-refractivity contribution in [2.45, 2.75) is 39.2 Å². The van der Waals surface area contributed by atoms with Crippen LogP contribution >= 0.6 is 0 Å². The number of nitrogens with one attached hydrogen (secondary N) is 1. The lowest BCUT2D eigenvalue weighted by atomic mass is 9.77. The van der Waals surface area contributed by atoms with Gasteiger partial charge in [0.2, 0.25) is 0 Å². The summed E-state index contributed by atoms with van der Waals surface area (Å²) in [6.45, 7) is 9.79. The molecule has 2 aliphatic rings. The molecule has 1 N–H and O–H groups in total. The normalized spacial score (nSPS) is 28.8. The summed E-state index contributed by atoms with van der Waals surface area (Å²) >= 11 is 0. The molecule has 0 unspecified atom stereocenters. The molecule has 1 spiro atoms. The lowest BCUT2D eigenvalue weighted by molar-refractivity contribution is 0.0958. The van der Waals surface area contributed by atoms with Crippen molar-refractivity contribution in [3.63, 3.8) is 0 Å². The zero-order valence-corrected chi connectivity index (χ0v) is 8.97. The van der Waals surface area contributed by atoms with Gasteiger partial charge in [-0.15, -0.1) is 0 Å². The number of piperidine rings is 1. The van der Waals surface area contributed by atoms with E-state index in [4.69, 9.17) is 0 Å². The first-order chi connectivity index (χ1) is 6.22. The van der Waals surface area contributed by atoms with E-state index >= 15 is 0 Å². The van der Waals surface area contributed by atoms with Crippen molar-refractivity contribution in [1.29, 1.82) is 0 Å². The third-order valence-corrected chi connectivity index (χ3v) is 3.92. The second-order valence-corrected chi connectivity index (χ2v) is 5.06. The number of hydrogen-bond donors (Lipinski definition) is 1. The van der Waals surface area contributed by atoms with E-state index in [0.717, 1.165) is 6.04 Å². The number of nitrogens with zero attached hydrogens (tertiary/aromatic N) is 1. The quantitative estimate of drug-likeness (QED) is 0.660. The second kappa shape index (κ2) is 3.58. The van der Waals surface area contributed by atoms with Crippen LogP contribution in [0.25, 0.3) is 0 Å². The van der Waals surface area contributed by atoms with Crippen molar-refractivity contribution in [2.24, 2.45) is 5.41 Å². The molecule has 0 amide bonds. The molecule has 2 nitrogen and oxygen atoms in total. The third kappa shape index (κ3) is 1.89. The van der Waals surface area contributed by atoms with E-state index in [-0.39, 0.29) is 0 Å². The summed E-state index contributed by atoms with van der Waals surface area (Å²) < 4.78 is 0. The van der Waals surface area contributed by atoms with E-state index in [0.29, 0.717) is 5.41 Å². The van der Waals surface area contributed by atoms with Crippen LogP contribution in [0.15, 0.2) is 0 Å². The minimum atomic E-state index is 0.686. The summed E-state index contributed by atoms with van der Waals surface area (Å²) in [5.74, 6) is 0. The van der Waals surface area contributed by atoms with Crippen LogP contribution in [0.3, 0.4) is 0 Å². The zero-order valence-electron chi connectivity index (χ0n) is 8.97. The Kier molecular flexibility index (Phi) is 2.61. The third-order valence-electron chi connectivity index (χ3n) is 3.92. The number of likely N-dealkylation sites (tertiary alicyclic amines) is 1. The molecule has 0 saturated carbocycles. The average molecular weight is 182 g/mol. The molecule has 2 rings (SSSR count). The maximum absolute atomic E-state index is 3.51. The van der Waals surface area contributed by atoms with Crippen molar-refractivity contribution in [2.75, 3.05) is 26.2 Å². The van der Waals surface area contributed by atoms with Gasteiger partial charge in [0.25, 0.3) is 0 Å². The van der Waals surface area contributed by atoms with Gasteiger partial charge in [-0.2, -0.15) is 0 Å². The maximum Gasteiger partial charge on any atom is 0.00385 e. The highest BCUT2D eigenvalue weighted by molar-refractivity contribution is 4.92. The van der Waals surface area contributed by atoms with Crippen LogP contribution < -0.4 is 5.32 Å². The highest BCUT2D eigenvalue weighted by Crippen LogP contribution is 2.37. The van der Waals surface area contributed by atoms with Gasteiger partial charge in [-0.1, -0.05) is 0 Å². The molecular weight excluding hydrogens is 160 g/mol. The van der Waals surface area contributed by atoms with Gasteiger partial charge in [0, 0.05) is 12.6 Å². The highest BCUT2D eigenvalue weighted by Gasteiger charge is 2.37. The van der Waals surface area contributed by atoms with E-state index in [1.54, 1.807) is 0 Å². The van der Waals surface area contributed by atoms with E-state index in [9.17, 15) is 0 Å². The van der Waals surface area contributed by atoms with Gasteiger partial charge in [0.05, 0.1) is 0 Å². The molecule has 0 aliphatic carbocycles. The smallest absolute Gasteiger partial charge is 0.00385 e. The lowest BCUT2D eigenvalue weighted by Gasteiger charge is -2.40. The van der Waals surface area contributed by atoms with Crippen molar-refractivity contribution >= 4 is 0 Å². The Balaban J connectivity index is 1.88. The fourth-order valence-corrected chi connectivity index (χ4v) is 2.74. The van der Waals surface area contributed by atoms with Crippen LogP contribution in [-0.2, 0) is 0 Å². The summed E-state index contributed by atoms with van der Waals surface area (Å²) in [6, 6.07) is 0.742. The fraction of sp³-hybridized carbons (Fsp3) is 1.00. The molecule has 2 fully saturated rings. The minimum absolute atomic E-state index is 0.686. The average Bonchev–Trinajstić information content (AvgIpc) is 2.54. The molecule has 0 aromatic carbocycles. The second-order valence-electron chi connectivity index (χ2n) is 5.06. The fourth-order valence-electron chi connectivity index (χ4n) is 2.74. The van der Waals surface area contributed by atoms with E-state index < -0.39 is 0 Å². The first-order valence-corrected chi connectivity index (χ1v) is 5.67. The Morgan fingerprint density at radius 3 is 2.31 bits per heavy atom. The molecule has 0 bridgehead atoms. The van der Waals surface area contributed by atoms with Crippen LogP contribution in [0.5, 0.6) is 0 Å². The molecule has 2 aliphatic heterocycles. The van der Waals surface area contributed by atoms with Gasteiger partial charge in [0.15, 0.2) is 0 Å². The summed E-state index contributed by atoms with van der Waals surface area (Å²) in [6.07, 6.45) is 4.25. The van der Waals surface area contributed by atoms with Crippen molar-refractivity contribution < 1.29 is 0 Å².